The smallest absolute Gasteiger partial charge is 0.223 e. The highest BCUT2D eigenvalue weighted by molar-refractivity contribution is 5.79. The van der Waals surface area contributed by atoms with E-state index in [1.54, 1.807) is 6.20 Å². The highest BCUT2D eigenvalue weighted by Gasteiger charge is 2.43. The molecule has 1 saturated carbocycles. The Kier molecular flexibility index (Phi) is 5.32. The number of rotatable bonds is 5. The third-order valence-corrected chi connectivity index (χ3v) is 6.24. The van der Waals surface area contributed by atoms with Gasteiger partial charge < -0.3 is 10.1 Å². The highest BCUT2D eigenvalue weighted by atomic mass is 16.5. The van der Waals surface area contributed by atoms with Crippen LogP contribution in [0, 0.1) is 11.8 Å². The number of hydrogen-bond donors (Lipinski definition) is 1. The second kappa shape index (κ2) is 7.83. The highest BCUT2D eigenvalue weighted by Crippen LogP contribution is 2.36. The van der Waals surface area contributed by atoms with Crippen molar-refractivity contribution in [3.05, 3.63) is 30.1 Å². The van der Waals surface area contributed by atoms with Crippen molar-refractivity contribution in [2.75, 3.05) is 26.2 Å². The van der Waals surface area contributed by atoms with Crippen LogP contribution in [0.15, 0.2) is 24.4 Å². The fourth-order valence-electron chi connectivity index (χ4n) is 4.54. The molecular formula is C20H29N3O2. The first-order valence-electron chi connectivity index (χ1n) is 9.84. The zero-order chi connectivity index (χ0) is 17.1. The van der Waals surface area contributed by atoms with Crippen molar-refractivity contribution < 1.29 is 9.53 Å². The molecule has 1 N–H and O–H groups in total. The standard InChI is InChI=1S/C20H29N3O2/c24-20(22-11-7-15-4-1-2-10-21-15)17-9-13-25-19-8-12-23(14-18(17)19)16-5-3-6-16/h1-2,4,10,16-19H,3,5-9,11-14H2,(H,22,24)/t17-,18+,19-/m1/s1. The zero-order valence-corrected chi connectivity index (χ0v) is 14.9. The largest absolute Gasteiger partial charge is 0.378 e. The van der Waals surface area contributed by atoms with Gasteiger partial charge in [-0.05, 0) is 37.8 Å². The number of pyridine rings is 1. The summed E-state index contributed by atoms with van der Waals surface area (Å²) in [6, 6.07) is 6.68. The van der Waals surface area contributed by atoms with Crippen molar-refractivity contribution in [3.63, 3.8) is 0 Å². The second-order valence-electron chi connectivity index (χ2n) is 7.70. The fourth-order valence-corrected chi connectivity index (χ4v) is 4.54. The van der Waals surface area contributed by atoms with Gasteiger partial charge in [-0.25, -0.2) is 0 Å². The number of carbonyl (C=O) groups is 1. The molecule has 25 heavy (non-hydrogen) atoms. The SMILES string of the molecule is O=C(NCCc1ccccn1)[C@@H]1CCO[C@@H]2CCN(C3CCC3)C[C@H]21. The van der Waals surface area contributed by atoms with Crippen molar-refractivity contribution in [3.8, 4) is 0 Å². The Morgan fingerprint density at radius 2 is 2.20 bits per heavy atom. The van der Waals surface area contributed by atoms with Crippen molar-refractivity contribution in [1.82, 2.24) is 15.2 Å². The molecule has 1 aliphatic carbocycles. The molecule has 0 radical (unpaired) electrons. The van der Waals surface area contributed by atoms with E-state index in [9.17, 15) is 4.79 Å². The van der Waals surface area contributed by atoms with Crippen molar-refractivity contribution in [2.24, 2.45) is 11.8 Å². The number of aromatic nitrogens is 1. The van der Waals surface area contributed by atoms with Crippen LogP contribution in [0.3, 0.4) is 0 Å². The number of ether oxygens (including phenoxy) is 1. The molecular weight excluding hydrogens is 314 g/mol. The molecule has 0 aromatic carbocycles. The lowest BCUT2D eigenvalue weighted by Gasteiger charge is -2.48. The number of nitrogens with one attached hydrogen (secondary N) is 1. The summed E-state index contributed by atoms with van der Waals surface area (Å²) in [4.78, 5) is 19.7. The van der Waals surface area contributed by atoms with Gasteiger partial charge in [0.15, 0.2) is 0 Å². The van der Waals surface area contributed by atoms with Gasteiger partial charge in [0.2, 0.25) is 5.91 Å². The van der Waals surface area contributed by atoms with Crippen LogP contribution in [0.5, 0.6) is 0 Å². The maximum absolute atomic E-state index is 12.8. The molecule has 136 valence electrons. The molecule has 0 unspecified atom stereocenters. The van der Waals surface area contributed by atoms with Crippen LogP contribution in [0.4, 0.5) is 0 Å². The number of nitrogens with zero attached hydrogens (tertiary/aromatic N) is 2. The van der Waals surface area contributed by atoms with Gasteiger partial charge in [-0.2, -0.15) is 0 Å². The molecule has 5 nitrogen and oxygen atoms in total. The van der Waals surface area contributed by atoms with E-state index in [4.69, 9.17) is 4.74 Å². The summed E-state index contributed by atoms with van der Waals surface area (Å²) in [5.41, 5.74) is 1.03. The Bertz CT molecular complexity index is 576. The first kappa shape index (κ1) is 17.0. The minimum absolute atomic E-state index is 0.102. The molecule has 3 heterocycles. The molecule has 0 spiro atoms. The second-order valence-corrected chi connectivity index (χ2v) is 7.70. The summed E-state index contributed by atoms with van der Waals surface area (Å²) < 4.78 is 6.00. The Hall–Kier alpha value is -1.46. The minimum Gasteiger partial charge on any atom is -0.378 e. The van der Waals surface area contributed by atoms with Gasteiger partial charge in [-0.1, -0.05) is 12.5 Å². The first-order chi connectivity index (χ1) is 12.3. The van der Waals surface area contributed by atoms with Gasteiger partial charge in [0, 0.05) is 62.4 Å². The van der Waals surface area contributed by atoms with Crippen molar-refractivity contribution in [2.45, 2.75) is 50.7 Å². The van der Waals surface area contributed by atoms with Gasteiger partial charge in [-0.15, -0.1) is 0 Å². The van der Waals surface area contributed by atoms with Crippen LogP contribution in [0.25, 0.3) is 0 Å². The van der Waals surface area contributed by atoms with Crippen molar-refractivity contribution in [1.29, 1.82) is 0 Å². The average molecular weight is 343 g/mol. The lowest BCUT2D eigenvalue weighted by atomic mass is 9.77. The van der Waals surface area contributed by atoms with E-state index >= 15 is 0 Å². The van der Waals surface area contributed by atoms with E-state index in [2.05, 4.69) is 15.2 Å². The Morgan fingerprint density at radius 1 is 1.28 bits per heavy atom. The number of carbonyl (C=O) groups excluding carboxylic acids is 1. The van der Waals surface area contributed by atoms with Gasteiger partial charge in [0.25, 0.3) is 0 Å². The van der Waals surface area contributed by atoms with E-state index in [1.807, 2.05) is 18.2 Å². The zero-order valence-electron chi connectivity index (χ0n) is 14.9. The predicted octanol–water partition coefficient (Wildman–Crippen LogP) is 2.02. The molecule has 2 saturated heterocycles. The normalized spacial score (nSPS) is 30.3. The maximum atomic E-state index is 12.8. The summed E-state index contributed by atoms with van der Waals surface area (Å²) in [7, 11) is 0. The number of likely N-dealkylation sites (tertiary alicyclic amines) is 1. The number of amides is 1. The molecule has 1 amide bonds. The van der Waals surface area contributed by atoms with Gasteiger partial charge >= 0.3 is 0 Å². The van der Waals surface area contributed by atoms with Crippen LogP contribution in [-0.2, 0) is 16.0 Å². The molecule has 4 rings (SSSR count). The monoisotopic (exact) mass is 343 g/mol. The van der Waals surface area contributed by atoms with E-state index < -0.39 is 0 Å². The maximum Gasteiger partial charge on any atom is 0.223 e. The lowest BCUT2D eigenvalue weighted by molar-refractivity contribution is -0.144. The van der Waals surface area contributed by atoms with E-state index in [0.717, 1.165) is 50.7 Å². The quantitative estimate of drug-likeness (QED) is 0.889. The summed E-state index contributed by atoms with van der Waals surface area (Å²) in [6.07, 6.45) is 8.84. The molecule has 3 fully saturated rings. The van der Waals surface area contributed by atoms with Crippen LogP contribution in [0.1, 0.15) is 37.8 Å². The van der Waals surface area contributed by atoms with Gasteiger partial charge in [0.05, 0.1) is 6.10 Å². The molecule has 1 aromatic rings. The Balaban J connectivity index is 1.32. The van der Waals surface area contributed by atoms with Crippen LogP contribution < -0.4 is 5.32 Å². The molecule has 0 bridgehead atoms. The molecule has 3 aliphatic rings. The third-order valence-electron chi connectivity index (χ3n) is 6.24. The molecule has 2 aliphatic heterocycles. The third kappa shape index (κ3) is 3.87. The first-order valence-corrected chi connectivity index (χ1v) is 9.84. The molecule has 3 atom stereocenters. The van der Waals surface area contributed by atoms with E-state index in [0.29, 0.717) is 12.5 Å². The average Bonchev–Trinajstić information content (AvgIpc) is 2.60. The predicted molar refractivity (Wildman–Crippen MR) is 96.1 cm³/mol. The van der Waals surface area contributed by atoms with Gasteiger partial charge in [-0.3, -0.25) is 14.7 Å². The number of piperidine rings is 1. The van der Waals surface area contributed by atoms with Gasteiger partial charge in [0.1, 0.15) is 0 Å². The van der Waals surface area contributed by atoms with Crippen LogP contribution in [0.2, 0.25) is 0 Å². The minimum atomic E-state index is 0.102. The summed E-state index contributed by atoms with van der Waals surface area (Å²) in [6.45, 7) is 3.56. The van der Waals surface area contributed by atoms with Crippen LogP contribution in [-0.4, -0.2) is 54.2 Å². The van der Waals surface area contributed by atoms with E-state index in [1.165, 1.54) is 19.3 Å². The Labute approximate surface area is 150 Å². The number of fused-ring (bicyclic) bond motifs is 1. The summed E-state index contributed by atoms with van der Waals surface area (Å²) >= 11 is 0. The number of hydrogen-bond acceptors (Lipinski definition) is 4. The molecule has 5 heteroatoms. The van der Waals surface area contributed by atoms with Crippen LogP contribution >= 0.6 is 0 Å². The topological polar surface area (TPSA) is 54.5 Å². The lowest BCUT2D eigenvalue weighted by Crippen LogP contribution is -2.56. The van der Waals surface area contributed by atoms with E-state index in [-0.39, 0.29) is 17.9 Å². The fraction of sp³-hybridized carbons (Fsp3) is 0.700. The van der Waals surface area contributed by atoms with Crippen molar-refractivity contribution >= 4 is 5.91 Å². The summed E-state index contributed by atoms with van der Waals surface area (Å²) in [5.74, 6) is 0.674. The Morgan fingerprint density at radius 3 is 2.96 bits per heavy atom. The summed E-state index contributed by atoms with van der Waals surface area (Å²) in [5, 5.41) is 3.15. The molecule has 1 aromatic heterocycles.